The van der Waals surface area contributed by atoms with Crippen LogP contribution in [-0.4, -0.2) is 17.6 Å². The molecule has 0 saturated carbocycles. The number of nitrogens with zero attached hydrogens (tertiary/aromatic N) is 1. The van der Waals surface area contributed by atoms with E-state index in [4.69, 9.17) is 0 Å². The summed E-state index contributed by atoms with van der Waals surface area (Å²) in [5.74, 6) is 0.570. The molecule has 0 unspecified atom stereocenters. The Morgan fingerprint density at radius 1 is 0.905 bits per heavy atom. The molecule has 0 fully saturated rings. The Bertz CT molecular complexity index is 659. The predicted octanol–water partition coefficient (Wildman–Crippen LogP) is 3.99. The zero-order valence-corrected chi connectivity index (χ0v) is 12.5. The molecule has 0 aliphatic carbocycles. The molecule has 0 spiro atoms. The van der Waals surface area contributed by atoms with Crippen LogP contribution in [0.5, 0.6) is 0 Å². The summed E-state index contributed by atoms with van der Waals surface area (Å²) in [4.78, 5) is 27.1. The van der Waals surface area contributed by atoms with Gasteiger partial charge in [-0.25, -0.2) is 4.90 Å². The van der Waals surface area contributed by atoms with Crippen molar-refractivity contribution in [3.63, 3.8) is 0 Å². The van der Waals surface area contributed by atoms with Gasteiger partial charge in [0.25, 0.3) is 11.8 Å². The Balaban J connectivity index is 1.88. The van der Waals surface area contributed by atoms with Crippen LogP contribution in [0.2, 0.25) is 0 Å². The van der Waals surface area contributed by atoms with E-state index in [1.54, 1.807) is 36.0 Å². The highest BCUT2D eigenvalue weighted by Gasteiger charge is 2.36. The van der Waals surface area contributed by atoms with Crippen LogP contribution < -0.4 is 4.90 Å². The first-order valence-electron chi connectivity index (χ1n) is 6.93. The molecule has 21 heavy (non-hydrogen) atoms. The number of benzene rings is 2. The smallest absolute Gasteiger partial charge is 0.266 e. The molecule has 2 aromatic rings. The zero-order valence-electron chi connectivity index (χ0n) is 11.7. The summed E-state index contributed by atoms with van der Waals surface area (Å²) in [6.07, 6.45) is 1.12. The fraction of sp³-hybridized carbons (Fsp3) is 0.176. The van der Waals surface area contributed by atoms with Gasteiger partial charge in [-0.2, -0.15) is 0 Å². The van der Waals surface area contributed by atoms with Gasteiger partial charge >= 0.3 is 0 Å². The second-order valence-electron chi connectivity index (χ2n) is 4.83. The number of rotatable bonds is 4. The number of amides is 2. The fourth-order valence-corrected chi connectivity index (χ4v) is 3.10. The van der Waals surface area contributed by atoms with E-state index in [9.17, 15) is 9.59 Å². The molecular weight excluding hydrogens is 282 g/mol. The number of hydrogen-bond donors (Lipinski definition) is 0. The molecule has 106 valence electrons. The summed E-state index contributed by atoms with van der Waals surface area (Å²) in [5.41, 5.74) is 1.58. The monoisotopic (exact) mass is 297 g/mol. The molecule has 0 aromatic heterocycles. The molecule has 0 atom stereocenters. The van der Waals surface area contributed by atoms with Gasteiger partial charge in [0.1, 0.15) is 0 Å². The molecule has 1 heterocycles. The first-order valence-corrected chi connectivity index (χ1v) is 7.91. The van der Waals surface area contributed by atoms with Gasteiger partial charge in [0, 0.05) is 4.90 Å². The van der Waals surface area contributed by atoms with Gasteiger partial charge in [0.15, 0.2) is 0 Å². The van der Waals surface area contributed by atoms with E-state index in [2.05, 4.69) is 6.92 Å². The first-order chi connectivity index (χ1) is 10.2. The van der Waals surface area contributed by atoms with Crippen molar-refractivity contribution < 1.29 is 9.59 Å². The lowest BCUT2D eigenvalue weighted by molar-refractivity contribution is 0.0926. The normalized spacial score (nSPS) is 13.7. The third kappa shape index (κ3) is 2.47. The van der Waals surface area contributed by atoms with Gasteiger partial charge in [-0.1, -0.05) is 19.1 Å². The van der Waals surface area contributed by atoms with E-state index in [1.807, 2.05) is 24.3 Å². The summed E-state index contributed by atoms with van der Waals surface area (Å²) in [6, 6.07) is 14.5. The van der Waals surface area contributed by atoms with E-state index in [-0.39, 0.29) is 11.8 Å². The Hall–Kier alpha value is -2.07. The van der Waals surface area contributed by atoms with Crippen molar-refractivity contribution in [2.75, 3.05) is 10.7 Å². The second kappa shape index (κ2) is 5.74. The Morgan fingerprint density at radius 2 is 1.48 bits per heavy atom. The maximum atomic E-state index is 12.4. The molecular formula is C17H15NO2S. The molecule has 0 saturated heterocycles. The van der Waals surface area contributed by atoms with Crippen molar-refractivity contribution in [3.05, 3.63) is 59.7 Å². The number of carbonyl (C=O) groups is 2. The standard InChI is InChI=1S/C17H15NO2S/c1-2-11-21-13-9-7-12(8-10-13)18-16(19)14-5-3-4-6-15(14)17(18)20/h3-10H,2,11H2,1H3. The third-order valence-electron chi connectivity index (χ3n) is 3.36. The molecule has 0 N–H and O–H groups in total. The van der Waals surface area contributed by atoms with Gasteiger partial charge in [0.05, 0.1) is 16.8 Å². The Labute approximate surface area is 128 Å². The third-order valence-corrected chi connectivity index (χ3v) is 4.58. The van der Waals surface area contributed by atoms with Crippen molar-refractivity contribution in [1.29, 1.82) is 0 Å². The van der Waals surface area contributed by atoms with Crippen LogP contribution in [0.25, 0.3) is 0 Å². The van der Waals surface area contributed by atoms with Crippen molar-refractivity contribution in [2.24, 2.45) is 0 Å². The minimum atomic E-state index is -0.246. The Morgan fingerprint density at radius 3 is 2.00 bits per heavy atom. The number of imide groups is 1. The molecule has 4 heteroatoms. The number of thioether (sulfide) groups is 1. The first kappa shape index (κ1) is 13.9. The van der Waals surface area contributed by atoms with Gasteiger partial charge in [-0.15, -0.1) is 11.8 Å². The van der Waals surface area contributed by atoms with Crippen LogP contribution in [-0.2, 0) is 0 Å². The van der Waals surface area contributed by atoms with E-state index in [0.717, 1.165) is 17.1 Å². The number of anilines is 1. The molecule has 3 nitrogen and oxygen atoms in total. The van der Waals surface area contributed by atoms with Crippen molar-refractivity contribution in [2.45, 2.75) is 18.2 Å². The highest BCUT2D eigenvalue weighted by molar-refractivity contribution is 7.99. The lowest BCUT2D eigenvalue weighted by Gasteiger charge is -2.14. The number of fused-ring (bicyclic) bond motifs is 1. The van der Waals surface area contributed by atoms with Crippen LogP contribution in [0.3, 0.4) is 0 Å². The largest absolute Gasteiger partial charge is 0.268 e. The molecule has 1 aliphatic heterocycles. The summed E-state index contributed by atoms with van der Waals surface area (Å²) in [5, 5.41) is 0. The molecule has 0 bridgehead atoms. The van der Waals surface area contributed by atoms with Crippen molar-refractivity contribution in [1.82, 2.24) is 0 Å². The Kier molecular flexibility index (Phi) is 3.80. The predicted molar refractivity (Wildman–Crippen MR) is 85.0 cm³/mol. The quantitative estimate of drug-likeness (QED) is 0.632. The summed E-state index contributed by atoms with van der Waals surface area (Å²) >= 11 is 1.77. The molecule has 0 radical (unpaired) electrons. The minimum absolute atomic E-state index is 0.246. The van der Waals surface area contributed by atoms with Crippen LogP contribution in [0, 0.1) is 0 Å². The average Bonchev–Trinajstić information content (AvgIpc) is 2.78. The van der Waals surface area contributed by atoms with Gasteiger partial charge in [-0.05, 0) is 48.6 Å². The second-order valence-corrected chi connectivity index (χ2v) is 6.00. The zero-order chi connectivity index (χ0) is 14.8. The van der Waals surface area contributed by atoms with Crippen molar-refractivity contribution in [3.8, 4) is 0 Å². The van der Waals surface area contributed by atoms with Crippen LogP contribution in [0.15, 0.2) is 53.4 Å². The highest BCUT2D eigenvalue weighted by Crippen LogP contribution is 2.29. The summed E-state index contributed by atoms with van der Waals surface area (Å²) in [7, 11) is 0. The SMILES string of the molecule is CCCSc1ccc(N2C(=O)c3ccccc3C2=O)cc1. The fourth-order valence-electron chi connectivity index (χ4n) is 2.34. The highest BCUT2D eigenvalue weighted by atomic mass is 32.2. The van der Waals surface area contributed by atoms with E-state index in [0.29, 0.717) is 16.8 Å². The minimum Gasteiger partial charge on any atom is -0.268 e. The summed E-state index contributed by atoms with van der Waals surface area (Å²) in [6.45, 7) is 2.14. The van der Waals surface area contributed by atoms with E-state index >= 15 is 0 Å². The van der Waals surface area contributed by atoms with Gasteiger partial charge in [-0.3, -0.25) is 9.59 Å². The van der Waals surface area contributed by atoms with Crippen LogP contribution >= 0.6 is 11.8 Å². The van der Waals surface area contributed by atoms with Crippen LogP contribution in [0.1, 0.15) is 34.1 Å². The molecule has 3 rings (SSSR count). The van der Waals surface area contributed by atoms with Gasteiger partial charge in [0.2, 0.25) is 0 Å². The topological polar surface area (TPSA) is 37.4 Å². The van der Waals surface area contributed by atoms with Crippen molar-refractivity contribution >= 4 is 29.3 Å². The van der Waals surface area contributed by atoms with E-state index < -0.39 is 0 Å². The summed E-state index contributed by atoms with van der Waals surface area (Å²) < 4.78 is 0. The lowest BCUT2D eigenvalue weighted by Crippen LogP contribution is -2.29. The average molecular weight is 297 g/mol. The molecule has 2 aromatic carbocycles. The molecule has 1 aliphatic rings. The number of hydrogen-bond acceptors (Lipinski definition) is 3. The number of carbonyl (C=O) groups excluding carboxylic acids is 2. The maximum absolute atomic E-state index is 12.4. The van der Waals surface area contributed by atoms with Gasteiger partial charge < -0.3 is 0 Å². The lowest BCUT2D eigenvalue weighted by atomic mass is 10.1. The van der Waals surface area contributed by atoms with Crippen LogP contribution in [0.4, 0.5) is 5.69 Å². The maximum Gasteiger partial charge on any atom is 0.266 e. The molecule has 2 amide bonds. The van der Waals surface area contributed by atoms with E-state index in [1.165, 1.54) is 4.90 Å².